The number of imide groups is 1. The summed E-state index contributed by atoms with van der Waals surface area (Å²) < 4.78 is 43.3. The van der Waals surface area contributed by atoms with Gasteiger partial charge >= 0.3 is 0 Å². The van der Waals surface area contributed by atoms with Crippen molar-refractivity contribution >= 4 is 29.9 Å². The zero-order chi connectivity index (χ0) is 34.4. The summed E-state index contributed by atoms with van der Waals surface area (Å²) in [5, 5.41) is 5.28. The van der Waals surface area contributed by atoms with E-state index >= 15 is 0 Å². The summed E-state index contributed by atoms with van der Waals surface area (Å²) in [6.07, 6.45) is 4.41. The normalized spacial score (nSPS) is 13.5. The van der Waals surface area contributed by atoms with E-state index in [1.807, 2.05) is 20.1 Å². The number of ether oxygens (including phenoxy) is 8. The molecule has 16 heteroatoms. The number of amides is 4. The molecule has 1 aliphatic rings. The van der Waals surface area contributed by atoms with Gasteiger partial charge in [-0.3, -0.25) is 28.9 Å². The molecule has 0 spiro atoms. The quantitative estimate of drug-likeness (QED) is 0.0651. The van der Waals surface area contributed by atoms with Crippen LogP contribution in [0.3, 0.4) is 0 Å². The summed E-state index contributed by atoms with van der Waals surface area (Å²) in [5.74, 6) is -1.31. The lowest BCUT2D eigenvalue weighted by Gasteiger charge is -2.15. The minimum Gasteiger partial charge on any atom is -0.379 e. The second-order valence-corrected chi connectivity index (χ2v) is 10.3. The molecule has 0 aromatic rings. The smallest absolute Gasteiger partial charge is 0.253 e. The molecule has 0 saturated carbocycles. The molecule has 0 aromatic carbocycles. The maximum Gasteiger partial charge on any atom is 0.253 e. The molecule has 0 aromatic heterocycles. The Balaban J connectivity index is 1.70. The molecule has 1 heterocycles. The summed E-state index contributed by atoms with van der Waals surface area (Å²) in [5.41, 5.74) is 0. The van der Waals surface area contributed by atoms with Crippen molar-refractivity contribution in [3.63, 3.8) is 0 Å². The third-order valence-electron chi connectivity index (χ3n) is 6.22. The van der Waals surface area contributed by atoms with Gasteiger partial charge in [-0.25, -0.2) is 0 Å². The van der Waals surface area contributed by atoms with Gasteiger partial charge in [-0.15, -0.1) is 0 Å². The van der Waals surface area contributed by atoms with Crippen LogP contribution in [0.1, 0.15) is 26.7 Å². The van der Waals surface area contributed by atoms with E-state index in [1.54, 1.807) is 0 Å². The van der Waals surface area contributed by atoms with E-state index in [9.17, 15) is 24.0 Å². The van der Waals surface area contributed by atoms with E-state index in [1.165, 1.54) is 12.2 Å². The van der Waals surface area contributed by atoms with E-state index < -0.39 is 17.9 Å². The second-order valence-electron chi connectivity index (χ2n) is 10.3. The lowest BCUT2D eigenvalue weighted by atomic mass is 10.1. The number of nitrogens with zero attached hydrogens (tertiary/aromatic N) is 1. The summed E-state index contributed by atoms with van der Waals surface area (Å²) in [7, 11) is 0. The fraction of sp³-hybridized carbons (Fsp3) is 0.774. The van der Waals surface area contributed by atoms with Crippen molar-refractivity contribution in [3.8, 4) is 0 Å². The van der Waals surface area contributed by atoms with Gasteiger partial charge in [-0.1, -0.05) is 13.8 Å². The number of hydrogen-bond donors (Lipinski definition) is 2. The predicted octanol–water partition coefficient (Wildman–Crippen LogP) is -0.809. The Morgan fingerprint density at radius 2 is 1.00 bits per heavy atom. The van der Waals surface area contributed by atoms with Crippen LogP contribution in [0.4, 0.5) is 0 Å². The summed E-state index contributed by atoms with van der Waals surface area (Å²) in [6.45, 7) is 10.6. The molecule has 1 aliphatic heterocycles. The molecule has 0 bridgehead atoms. The van der Waals surface area contributed by atoms with Gasteiger partial charge in [0.05, 0.1) is 112 Å². The molecule has 1 radical (unpaired) electrons. The van der Waals surface area contributed by atoms with Gasteiger partial charge in [0.2, 0.25) is 18.1 Å². The molecule has 47 heavy (non-hydrogen) atoms. The maximum absolute atomic E-state index is 11.8. The van der Waals surface area contributed by atoms with Gasteiger partial charge in [0.1, 0.15) is 0 Å². The Kier molecular flexibility index (Phi) is 26.3. The lowest BCUT2D eigenvalue weighted by molar-refractivity contribution is -0.137. The minimum atomic E-state index is -0.599. The highest BCUT2D eigenvalue weighted by Crippen LogP contribution is 2.04. The summed E-state index contributed by atoms with van der Waals surface area (Å²) in [4.78, 5) is 58.2. The first-order chi connectivity index (χ1) is 22.8. The number of carbonyl (C=O) groups excluding carboxylic acids is 5. The van der Waals surface area contributed by atoms with E-state index in [4.69, 9.17) is 37.9 Å². The third kappa shape index (κ3) is 24.0. The predicted molar refractivity (Wildman–Crippen MR) is 167 cm³/mol. The highest BCUT2D eigenvalue weighted by molar-refractivity contribution is 6.13. The van der Waals surface area contributed by atoms with Crippen molar-refractivity contribution in [2.75, 3.05) is 119 Å². The van der Waals surface area contributed by atoms with Crippen LogP contribution in [0.5, 0.6) is 0 Å². The number of carbonyl (C=O) groups is 4. The van der Waals surface area contributed by atoms with Crippen molar-refractivity contribution in [2.45, 2.75) is 32.7 Å². The van der Waals surface area contributed by atoms with Crippen molar-refractivity contribution < 1.29 is 61.9 Å². The topological polar surface area (TPSA) is 186 Å². The Bertz CT molecular complexity index is 886. The fourth-order valence-corrected chi connectivity index (χ4v) is 3.60. The third-order valence-corrected chi connectivity index (χ3v) is 6.22. The Hall–Kier alpha value is -2.83. The summed E-state index contributed by atoms with van der Waals surface area (Å²) >= 11 is 0. The van der Waals surface area contributed by atoms with Gasteiger partial charge < -0.3 is 48.5 Å². The van der Waals surface area contributed by atoms with E-state index in [0.29, 0.717) is 106 Å². The average Bonchev–Trinajstić information content (AvgIpc) is 3.38. The van der Waals surface area contributed by atoms with E-state index in [2.05, 4.69) is 10.6 Å². The standard InChI is InChI=1S/C31H52N3O13/c1-26(2)27(25-35)33-29(37)6-9-40-11-13-42-15-17-44-19-21-46-23-24-47-22-20-45-18-16-43-14-12-41-10-7-32-28(36)5-8-34-30(38)3-4-31(34)39/h3-4,26-27H,5-24H2,1-2H3,(H,32,36)(H,33,37)/t27-/m1/s1. The molecule has 0 saturated heterocycles. The van der Waals surface area contributed by atoms with Crippen LogP contribution in [0.15, 0.2) is 12.2 Å². The largest absolute Gasteiger partial charge is 0.379 e. The molecule has 16 nitrogen and oxygen atoms in total. The Morgan fingerprint density at radius 1 is 0.617 bits per heavy atom. The molecule has 269 valence electrons. The molecule has 4 amide bonds. The Morgan fingerprint density at radius 3 is 1.38 bits per heavy atom. The van der Waals surface area contributed by atoms with Crippen LogP contribution < -0.4 is 10.6 Å². The summed E-state index contributed by atoms with van der Waals surface area (Å²) in [6, 6.07) is -0.599. The molecule has 1 atom stereocenters. The fourth-order valence-electron chi connectivity index (χ4n) is 3.60. The highest BCUT2D eigenvalue weighted by Gasteiger charge is 2.23. The van der Waals surface area contributed by atoms with Gasteiger partial charge in [0.15, 0.2) is 0 Å². The van der Waals surface area contributed by atoms with Crippen LogP contribution in [0, 0.1) is 5.92 Å². The van der Waals surface area contributed by atoms with E-state index in [-0.39, 0.29) is 43.7 Å². The van der Waals surface area contributed by atoms with Crippen LogP contribution in [0.2, 0.25) is 0 Å². The monoisotopic (exact) mass is 674 g/mol. The molecule has 0 fully saturated rings. The average molecular weight is 675 g/mol. The molecule has 1 rings (SSSR count). The molecular weight excluding hydrogens is 622 g/mol. The van der Waals surface area contributed by atoms with E-state index in [0.717, 1.165) is 4.90 Å². The molecule has 0 unspecified atom stereocenters. The molecule has 2 N–H and O–H groups in total. The first-order valence-corrected chi connectivity index (χ1v) is 15.9. The van der Waals surface area contributed by atoms with Crippen LogP contribution in [-0.2, 0) is 61.9 Å². The number of rotatable bonds is 33. The van der Waals surface area contributed by atoms with Crippen LogP contribution in [0.25, 0.3) is 0 Å². The zero-order valence-electron chi connectivity index (χ0n) is 27.7. The molecule has 0 aliphatic carbocycles. The first kappa shape index (κ1) is 42.2. The van der Waals surface area contributed by atoms with Crippen molar-refractivity contribution in [2.24, 2.45) is 5.92 Å². The van der Waals surface area contributed by atoms with Gasteiger partial charge in [0, 0.05) is 38.1 Å². The SMILES string of the molecule is CC(C)[C@@H]([C]=O)NC(=O)CCOCCOCCOCCOCCOCCOCCOCCOCCNC(=O)CCN1C(=O)C=CC1=O. The van der Waals surface area contributed by atoms with Crippen LogP contribution >= 0.6 is 0 Å². The number of hydrogen-bond acceptors (Lipinski definition) is 13. The second kappa shape index (κ2) is 29.3. The zero-order valence-corrected chi connectivity index (χ0v) is 27.7. The Labute approximate surface area is 277 Å². The van der Waals surface area contributed by atoms with Crippen molar-refractivity contribution in [1.82, 2.24) is 15.5 Å². The number of nitrogens with one attached hydrogen (secondary N) is 2. The molecular formula is C31H52N3O13. The van der Waals surface area contributed by atoms with Gasteiger partial charge in [-0.05, 0) is 5.92 Å². The van der Waals surface area contributed by atoms with Gasteiger partial charge in [-0.2, -0.15) is 0 Å². The van der Waals surface area contributed by atoms with Crippen molar-refractivity contribution in [3.05, 3.63) is 12.2 Å². The minimum absolute atomic E-state index is 0.00559. The first-order valence-electron chi connectivity index (χ1n) is 15.9. The maximum atomic E-state index is 11.8. The van der Waals surface area contributed by atoms with Crippen molar-refractivity contribution in [1.29, 1.82) is 0 Å². The van der Waals surface area contributed by atoms with Crippen LogP contribution in [-0.4, -0.2) is 160 Å². The lowest BCUT2D eigenvalue weighted by Crippen LogP contribution is -2.40. The van der Waals surface area contributed by atoms with Gasteiger partial charge in [0.25, 0.3) is 11.8 Å². The highest BCUT2D eigenvalue weighted by atomic mass is 16.6.